The third-order valence-corrected chi connectivity index (χ3v) is 8.16. The molecule has 1 aromatic rings. The number of Topliss-reactive ketones (excluding diaryl/α,β-unsaturated/α-hetero) is 1. The van der Waals surface area contributed by atoms with Crippen LogP contribution in [0.3, 0.4) is 0 Å². The molecule has 0 unspecified atom stereocenters. The normalized spacial score (nSPS) is 13.3. The summed E-state index contributed by atoms with van der Waals surface area (Å²) in [6.45, 7) is 6.47. The zero-order valence-electron chi connectivity index (χ0n) is 30.3. The molecular weight excluding hydrogens is 642 g/mol. The summed E-state index contributed by atoms with van der Waals surface area (Å²) in [5.41, 5.74) is -1.98. The van der Waals surface area contributed by atoms with Crippen molar-refractivity contribution in [3.8, 4) is 17.6 Å². The summed E-state index contributed by atoms with van der Waals surface area (Å²) in [4.78, 5) is 62.6. The average molecular weight is 700 g/mol. The van der Waals surface area contributed by atoms with Gasteiger partial charge in [-0.25, -0.2) is 9.59 Å². The number of unbranched alkanes of at least 4 members (excludes halogenated alkanes) is 8. The zero-order chi connectivity index (χ0) is 37.2. The highest BCUT2D eigenvalue weighted by Crippen LogP contribution is 2.26. The van der Waals surface area contributed by atoms with Gasteiger partial charge in [0.15, 0.2) is 5.60 Å². The second kappa shape index (κ2) is 25.8. The molecule has 1 aromatic carbocycles. The van der Waals surface area contributed by atoms with Crippen LogP contribution in [-0.4, -0.2) is 71.3 Å². The van der Waals surface area contributed by atoms with Crippen LogP contribution in [0, 0.1) is 17.8 Å². The summed E-state index contributed by atoms with van der Waals surface area (Å²) in [6, 6.07) is 5.66. The van der Waals surface area contributed by atoms with Gasteiger partial charge < -0.3 is 29.7 Å². The quantitative estimate of drug-likeness (QED) is 0.0436. The van der Waals surface area contributed by atoms with E-state index in [-0.39, 0.29) is 19.6 Å². The lowest BCUT2D eigenvalue weighted by molar-refractivity contribution is -0.170. The second-order valence-corrected chi connectivity index (χ2v) is 12.3. The van der Waals surface area contributed by atoms with E-state index in [0.717, 1.165) is 45.4 Å². The first-order chi connectivity index (χ1) is 24.0. The van der Waals surface area contributed by atoms with E-state index >= 15 is 0 Å². The summed E-state index contributed by atoms with van der Waals surface area (Å²) in [5.74, 6) is 0.801. The fourth-order valence-corrected chi connectivity index (χ4v) is 5.28. The molecule has 50 heavy (non-hydrogen) atoms. The smallest absolute Gasteiger partial charge is 0.336 e. The van der Waals surface area contributed by atoms with E-state index < -0.39 is 54.4 Å². The molecule has 0 aliphatic rings. The molecule has 0 spiro atoms. The van der Waals surface area contributed by atoms with Gasteiger partial charge in [0.05, 0.1) is 19.1 Å². The highest BCUT2D eigenvalue weighted by Gasteiger charge is 2.47. The monoisotopic (exact) mass is 699 g/mol. The third-order valence-electron chi connectivity index (χ3n) is 8.16. The second-order valence-electron chi connectivity index (χ2n) is 12.3. The number of carbonyl (C=O) groups is 5. The van der Waals surface area contributed by atoms with Crippen molar-refractivity contribution in [3.05, 3.63) is 42.0 Å². The van der Waals surface area contributed by atoms with E-state index in [1.165, 1.54) is 25.3 Å². The van der Waals surface area contributed by atoms with Crippen molar-refractivity contribution in [3.63, 3.8) is 0 Å². The number of benzene rings is 1. The van der Waals surface area contributed by atoms with E-state index in [4.69, 9.17) is 14.2 Å². The Balaban J connectivity index is 2.99. The number of carboxylic acid groups (broad SMARTS) is 1. The lowest BCUT2D eigenvalue weighted by Crippen LogP contribution is -2.55. The molecule has 0 aliphatic carbocycles. The van der Waals surface area contributed by atoms with Crippen molar-refractivity contribution >= 4 is 29.6 Å². The number of carbonyl (C=O) groups excluding carboxylic acids is 4. The molecule has 0 bridgehead atoms. The van der Waals surface area contributed by atoms with Crippen LogP contribution < -0.4 is 10.1 Å². The largest absolute Gasteiger partial charge is 0.481 e. The number of hydrogen-bond acceptors (Lipinski definition) is 9. The Morgan fingerprint density at radius 3 is 2.14 bits per heavy atom. The molecule has 11 nitrogen and oxygen atoms in total. The molecule has 0 aromatic heterocycles. The standard InChI is InChI=1S/C39H57NO10/c1-5-8-10-13-16-19-32(42)20-17-14-11-12-15-18-21-34(39(47,38(45)46)26-28-49-30(4)41)36(43)40-35(37(44)48-7-3)29-31-22-24-33(25-23-31)50-27-9-6-2/h18,21-25,34-35,47H,5,7-8,10-17,19-20,26-29H2,1-4H3,(H,40,43)(H,45,46)/t34-,35+,39+/m1/s1. The van der Waals surface area contributed by atoms with Crippen LogP contribution in [0.25, 0.3) is 0 Å². The summed E-state index contributed by atoms with van der Waals surface area (Å²) in [6.07, 6.45) is 12.9. The number of esters is 2. The first kappa shape index (κ1) is 43.9. The van der Waals surface area contributed by atoms with Gasteiger partial charge in [0.25, 0.3) is 0 Å². The predicted octanol–water partition coefficient (Wildman–Crippen LogP) is 5.89. The summed E-state index contributed by atoms with van der Waals surface area (Å²) < 4.78 is 15.6. The van der Waals surface area contributed by atoms with Crippen LogP contribution >= 0.6 is 0 Å². The number of carboxylic acids is 1. The third kappa shape index (κ3) is 18.0. The van der Waals surface area contributed by atoms with Crippen LogP contribution in [0.5, 0.6) is 5.75 Å². The molecular formula is C39H57NO10. The fraction of sp³-hybridized carbons (Fsp3) is 0.615. The summed E-state index contributed by atoms with van der Waals surface area (Å²) >= 11 is 0. The molecule has 11 heteroatoms. The van der Waals surface area contributed by atoms with Crippen molar-refractivity contribution in [1.82, 2.24) is 5.32 Å². The molecule has 3 atom stereocenters. The Morgan fingerprint density at radius 1 is 0.920 bits per heavy atom. The fourth-order valence-electron chi connectivity index (χ4n) is 5.28. The van der Waals surface area contributed by atoms with Gasteiger partial charge in [-0.3, -0.25) is 14.4 Å². The lowest BCUT2D eigenvalue weighted by atomic mass is 9.83. The first-order valence-electron chi connectivity index (χ1n) is 17.8. The van der Waals surface area contributed by atoms with Gasteiger partial charge in [0.1, 0.15) is 24.2 Å². The summed E-state index contributed by atoms with van der Waals surface area (Å²) in [5, 5.41) is 24.0. The van der Waals surface area contributed by atoms with Gasteiger partial charge in [0.2, 0.25) is 5.91 Å². The van der Waals surface area contributed by atoms with Gasteiger partial charge in [-0.1, -0.05) is 75.7 Å². The number of nitrogens with one attached hydrogen (secondary N) is 1. The molecule has 0 fully saturated rings. The Labute approximate surface area is 297 Å². The Bertz CT molecular complexity index is 1280. The molecule has 0 saturated carbocycles. The first-order valence-corrected chi connectivity index (χ1v) is 17.8. The Hall–Kier alpha value is -4.17. The van der Waals surface area contributed by atoms with E-state index in [2.05, 4.69) is 24.1 Å². The van der Waals surface area contributed by atoms with Crippen LogP contribution in [0.2, 0.25) is 0 Å². The number of aliphatic carboxylic acids is 1. The zero-order valence-corrected chi connectivity index (χ0v) is 30.3. The molecule has 0 saturated heterocycles. The minimum Gasteiger partial charge on any atom is -0.481 e. The number of ether oxygens (including phenoxy) is 3. The Kier molecular flexibility index (Phi) is 22.6. The van der Waals surface area contributed by atoms with Crippen LogP contribution in [0.1, 0.15) is 117 Å². The maximum absolute atomic E-state index is 13.7. The molecule has 3 N–H and O–H groups in total. The minimum atomic E-state index is -2.65. The number of aliphatic hydroxyl groups is 1. The number of ketones is 1. The van der Waals surface area contributed by atoms with E-state index in [1.54, 1.807) is 44.2 Å². The van der Waals surface area contributed by atoms with Crippen molar-refractivity contribution in [2.75, 3.05) is 19.8 Å². The lowest BCUT2D eigenvalue weighted by Gasteiger charge is -2.31. The van der Waals surface area contributed by atoms with Gasteiger partial charge in [-0.15, -0.1) is 5.92 Å². The van der Waals surface area contributed by atoms with Crippen LogP contribution in [0.4, 0.5) is 0 Å². The minimum absolute atomic E-state index is 0.0242. The number of hydrogen-bond donors (Lipinski definition) is 3. The topological polar surface area (TPSA) is 166 Å². The SMILES string of the molecule is CC#CCOc1ccc(C[C@H](NC(=O)[C@@H](C=CCCCCCCC(=O)CCCCCCC)[C@@](O)(CCOC(C)=O)C(=O)O)C(=O)OCC)cc1. The van der Waals surface area contributed by atoms with Crippen molar-refractivity contribution < 1.29 is 48.4 Å². The number of amides is 1. The summed E-state index contributed by atoms with van der Waals surface area (Å²) in [7, 11) is 0. The molecule has 0 radical (unpaired) electrons. The maximum Gasteiger partial charge on any atom is 0.336 e. The molecule has 1 rings (SSSR count). The Morgan fingerprint density at radius 2 is 1.56 bits per heavy atom. The van der Waals surface area contributed by atoms with Gasteiger partial charge in [0, 0.05) is 32.6 Å². The van der Waals surface area contributed by atoms with Gasteiger partial charge >= 0.3 is 17.9 Å². The van der Waals surface area contributed by atoms with E-state index in [1.807, 2.05) is 0 Å². The molecule has 0 heterocycles. The number of rotatable bonds is 27. The van der Waals surface area contributed by atoms with Crippen LogP contribution in [0.15, 0.2) is 36.4 Å². The highest BCUT2D eigenvalue weighted by atomic mass is 16.5. The van der Waals surface area contributed by atoms with Crippen LogP contribution in [-0.2, 0) is 39.9 Å². The maximum atomic E-state index is 13.7. The van der Waals surface area contributed by atoms with Crippen molar-refractivity contribution in [1.29, 1.82) is 0 Å². The predicted molar refractivity (Wildman–Crippen MR) is 190 cm³/mol. The van der Waals surface area contributed by atoms with E-state index in [0.29, 0.717) is 36.4 Å². The van der Waals surface area contributed by atoms with Gasteiger partial charge in [-0.05, 0) is 57.2 Å². The van der Waals surface area contributed by atoms with Gasteiger partial charge in [-0.2, -0.15) is 0 Å². The highest BCUT2D eigenvalue weighted by molar-refractivity contribution is 5.93. The molecule has 278 valence electrons. The number of allylic oxidation sites excluding steroid dienone is 1. The van der Waals surface area contributed by atoms with Crippen molar-refractivity contribution in [2.24, 2.45) is 5.92 Å². The van der Waals surface area contributed by atoms with E-state index in [9.17, 15) is 34.2 Å². The molecule has 0 aliphatic heterocycles. The average Bonchev–Trinajstić information content (AvgIpc) is 3.07. The van der Waals surface area contributed by atoms with Crippen molar-refractivity contribution in [2.45, 2.75) is 129 Å². The molecule has 1 amide bonds.